The van der Waals surface area contributed by atoms with E-state index < -0.39 is 22.7 Å². The highest BCUT2D eigenvalue weighted by Gasteiger charge is 2.47. The second-order valence-electron chi connectivity index (χ2n) is 12.0. The first kappa shape index (κ1) is 27.6. The van der Waals surface area contributed by atoms with Gasteiger partial charge < -0.3 is 29.3 Å². The van der Waals surface area contributed by atoms with Crippen molar-refractivity contribution in [1.82, 2.24) is 10.6 Å². The van der Waals surface area contributed by atoms with Crippen molar-refractivity contribution in [3.8, 4) is 0 Å². The van der Waals surface area contributed by atoms with E-state index in [1.54, 1.807) is 20.1 Å². The Labute approximate surface area is 219 Å². The minimum atomic E-state index is -0.840. The van der Waals surface area contributed by atoms with E-state index in [0.717, 1.165) is 44.3 Å². The normalized spacial score (nSPS) is 27.9. The van der Waals surface area contributed by atoms with E-state index in [4.69, 9.17) is 18.6 Å². The predicted molar refractivity (Wildman–Crippen MR) is 135 cm³/mol. The standard InChI is InChI=1S/C28H42N2O7/c1-26(2)18-35-27(3,4)37-23(26)24(32)29-15-12-22(31)36-21-11-6-5-10-20(21)30-25(33)28(13-8-14-28)17-19-9-7-16-34-19/h7,9,16,20-21,23H,5-6,8,10-15,17-18H2,1-4H3,(H,29,32)(H,30,33)/t20-,21-,23?/m0/s1. The molecule has 9 heteroatoms. The van der Waals surface area contributed by atoms with Crippen LogP contribution in [0.3, 0.4) is 0 Å². The highest BCUT2D eigenvalue weighted by Crippen LogP contribution is 2.44. The van der Waals surface area contributed by atoms with Crippen LogP contribution < -0.4 is 10.6 Å². The summed E-state index contributed by atoms with van der Waals surface area (Å²) in [5, 5.41) is 6.02. The third-order valence-corrected chi connectivity index (χ3v) is 7.96. The average Bonchev–Trinajstić information content (AvgIpc) is 3.32. The Hall–Kier alpha value is -2.39. The second-order valence-corrected chi connectivity index (χ2v) is 12.0. The van der Waals surface area contributed by atoms with Crippen molar-refractivity contribution in [2.75, 3.05) is 13.2 Å². The zero-order valence-electron chi connectivity index (χ0n) is 22.6. The zero-order valence-corrected chi connectivity index (χ0v) is 22.6. The van der Waals surface area contributed by atoms with Crippen LogP contribution in [0.25, 0.3) is 0 Å². The summed E-state index contributed by atoms with van der Waals surface area (Å²) in [5.74, 6) is -0.640. The number of hydrogen-bond acceptors (Lipinski definition) is 7. The minimum Gasteiger partial charge on any atom is -0.469 e. The van der Waals surface area contributed by atoms with Crippen molar-refractivity contribution in [2.24, 2.45) is 10.8 Å². The van der Waals surface area contributed by atoms with Crippen LogP contribution in [0, 0.1) is 10.8 Å². The van der Waals surface area contributed by atoms with Crippen molar-refractivity contribution in [3.05, 3.63) is 24.2 Å². The molecule has 2 heterocycles. The molecular weight excluding hydrogens is 476 g/mol. The second kappa shape index (κ2) is 11.2. The fraction of sp³-hybridized carbons (Fsp3) is 0.750. The van der Waals surface area contributed by atoms with Crippen molar-refractivity contribution in [1.29, 1.82) is 0 Å². The van der Waals surface area contributed by atoms with Gasteiger partial charge in [0.05, 0.1) is 30.7 Å². The summed E-state index contributed by atoms with van der Waals surface area (Å²) >= 11 is 0. The first-order chi connectivity index (χ1) is 17.5. The average molecular weight is 519 g/mol. The van der Waals surface area contributed by atoms with Gasteiger partial charge in [-0.1, -0.05) is 26.7 Å². The van der Waals surface area contributed by atoms with Gasteiger partial charge in [0.1, 0.15) is 18.0 Å². The maximum absolute atomic E-state index is 13.3. The molecule has 2 saturated carbocycles. The number of rotatable bonds is 9. The first-order valence-electron chi connectivity index (χ1n) is 13.6. The molecule has 0 spiro atoms. The molecule has 206 valence electrons. The monoisotopic (exact) mass is 518 g/mol. The molecule has 1 aromatic rings. The van der Waals surface area contributed by atoms with E-state index in [0.29, 0.717) is 19.4 Å². The maximum Gasteiger partial charge on any atom is 0.307 e. The van der Waals surface area contributed by atoms with Gasteiger partial charge in [-0.2, -0.15) is 0 Å². The SMILES string of the molecule is CC1(C)OCC(C)(C)C(C(=O)NCCC(=O)O[C@H]2CCCC[C@@H]2NC(=O)C2(Cc3ccco3)CCC2)O1. The van der Waals surface area contributed by atoms with E-state index in [1.165, 1.54) is 0 Å². The van der Waals surface area contributed by atoms with E-state index in [1.807, 2.05) is 26.0 Å². The van der Waals surface area contributed by atoms with E-state index in [9.17, 15) is 14.4 Å². The van der Waals surface area contributed by atoms with Crippen LogP contribution in [0.4, 0.5) is 0 Å². The van der Waals surface area contributed by atoms with Gasteiger partial charge in [0.15, 0.2) is 5.79 Å². The number of carbonyl (C=O) groups excluding carboxylic acids is 3. The summed E-state index contributed by atoms with van der Waals surface area (Å²) in [6.07, 6.45) is 7.37. The Morgan fingerprint density at radius 1 is 1.08 bits per heavy atom. The molecule has 0 aromatic carbocycles. The Kier molecular flexibility index (Phi) is 8.33. The molecule has 1 aliphatic heterocycles. The summed E-state index contributed by atoms with van der Waals surface area (Å²) in [6.45, 7) is 7.95. The molecule has 3 fully saturated rings. The van der Waals surface area contributed by atoms with Crippen LogP contribution in [0.2, 0.25) is 0 Å². The van der Waals surface area contributed by atoms with Crippen LogP contribution >= 0.6 is 0 Å². The van der Waals surface area contributed by atoms with E-state index >= 15 is 0 Å². The number of nitrogens with one attached hydrogen (secondary N) is 2. The van der Waals surface area contributed by atoms with Gasteiger partial charge in [-0.25, -0.2) is 0 Å². The third kappa shape index (κ3) is 6.74. The van der Waals surface area contributed by atoms with Crippen LogP contribution in [0.15, 0.2) is 22.8 Å². The lowest BCUT2D eigenvalue weighted by Gasteiger charge is -2.44. The van der Waals surface area contributed by atoms with Crippen molar-refractivity contribution >= 4 is 17.8 Å². The Bertz CT molecular complexity index is 952. The lowest BCUT2D eigenvalue weighted by Crippen LogP contribution is -2.56. The summed E-state index contributed by atoms with van der Waals surface area (Å²) in [6, 6.07) is 3.55. The molecule has 0 bridgehead atoms. The summed E-state index contributed by atoms with van der Waals surface area (Å²) in [5.41, 5.74) is -0.926. The number of furan rings is 1. The van der Waals surface area contributed by atoms with Gasteiger partial charge >= 0.3 is 5.97 Å². The molecule has 9 nitrogen and oxygen atoms in total. The first-order valence-corrected chi connectivity index (χ1v) is 13.6. The number of amides is 2. The van der Waals surface area contributed by atoms with Gasteiger partial charge in [0.2, 0.25) is 11.8 Å². The molecule has 37 heavy (non-hydrogen) atoms. The van der Waals surface area contributed by atoms with Gasteiger partial charge in [0, 0.05) is 18.4 Å². The van der Waals surface area contributed by atoms with Gasteiger partial charge in [-0.15, -0.1) is 0 Å². The minimum absolute atomic E-state index is 0.0253. The lowest BCUT2D eigenvalue weighted by atomic mass is 9.65. The molecule has 1 unspecified atom stereocenters. The topological polar surface area (TPSA) is 116 Å². The van der Waals surface area contributed by atoms with E-state index in [-0.39, 0.29) is 42.9 Å². The summed E-state index contributed by atoms with van der Waals surface area (Å²) < 4.78 is 22.8. The number of esters is 1. The van der Waals surface area contributed by atoms with E-state index in [2.05, 4.69) is 10.6 Å². The largest absolute Gasteiger partial charge is 0.469 e. The van der Waals surface area contributed by atoms with Gasteiger partial charge in [-0.05, 0) is 58.1 Å². The Morgan fingerprint density at radius 3 is 2.51 bits per heavy atom. The highest BCUT2D eigenvalue weighted by atomic mass is 16.7. The van der Waals surface area contributed by atoms with Crippen molar-refractivity contribution in [3.63, 3.8) is 0 Å². The number of carbonyl (C=O) groups is 3. The maximum atomic E-state index is 13.3. The molecular formula is C28H42N2O7. The predicted octanol–water partition coefficient (Wildman–Crippen LogP) is 3.65. The molecule has 3 atom stereocenters. The van der Waals surface area contributed by atoms with Crippen LogP contribution in [-0.2, 0) is 35.0 Å². The lowest BCUT2D eigenvalue weighted by molar-refractivity contribution is -0.304. The fourth-order valence-corrected chi connectivity index (χ4v) is 5.49. The highest BCUT2D eigenvalue weighted by molar-refractivity contribution is 5.84. The van der Waals surface area contributed by atoms with Crippen molar-refractivity contribution < 1.29 is 33.0 Å². The fourth-order valence-electron chi connectivity index (χ4n) is 5.49. The molecule has 1 aromatic heterocycles. The van der Waals surface area contributed by atoms with Gasteiger partial charge in [-0.3, -0.25) is 14.4 Å². The van der Waals surface area contributed by atoms with Crippen LogP contribution in [-0.4, -0.2) is 55.0 Å². The van der Waals surface area contributed by atoms with Crippen LogP contribution in [0.1, 0.15) is 84.8 Å². The molecule has 2 N–H and O–H groups in total. The Morgan fingerprint density at radius 2 is 1.84 bits per heavy atom. The molecule has 1 saturated heterocycles. The molecule has 3 aliphatic rings. The summed E-state index contributed by atoms with van der Waals surface area (Å²) in [7, 11) is 0. The third-order valence-electron chi connectivity index (χ3n) is 7.96. The van der Waals surface area contributed by atoms with Crippen LogP contribution in [0.5, 0.6) is 0 Å². The molecule has 0 radical (unpaired) electrons. The zero-order chi connectivity index (χ0) is 26.7. The molecule has 4 rings (SSSR count). The smallest absolute Gasteiger partial charge is 0.307 e. The summed E-state index contributed by atoms with van der Waals surface area (Å²) in [4.78, 5) is 38.8. The quantitative estimate of drug-likeness (QED) is 0.480. The molecule has 2 amide bonds. The number of hydrogen-bond donors (Lipinski definition) is 2. The Balaban J connectivity index is 1.26. The molecule has 2 aliphatic carbocycles. The van der Waals surface area contributed by atoms with Crippen molar-refractivity contribution in [2.45, 2.75) is 110 Å². The number of ether oxygens (including phenoxy) is 3. The van der Waals surface area contributed by atoms with Gasteiger partial charge in [0.25, 0.3) is 0 Å².